The standard InChI is InChI=1S/C23H34O4/c1-18(15-25-20(3)24)9-8-14-23(4)22(13-12-19(2)16-27-23)26-17-21-10-6-5-7-11-21/h5-7,10-11,18,22H,2,8-9,12-17H2,1,3-4H3/t18?,22-,23+/m0/s1. The van der Waals surface area contributed by atoms with Crippen molar-refractivity contribution >= 4 is 5.97 Å². The Hall–Kier alpha value is -1.65. The van der Waals surface area contributed by atoms with Gasteiger partial charge in [0.25, 0.3) is 0 Å². The van der Waals surface area contributed by atoms with Crippen LogP contribution in [-0.2, 0) is 25.6 Å². The van der Waals surface area contributed by atoms with E-state index in [1.807, 2.05) is 18.2 Å². The Morgan fingerprint density at radius 1 is 1.37 bits per heavy atom. The van der Waals surface area contributed by atoms with E-state index in [-0.39, 0.29) is 17.7 Å². The molecule has 1 unspecified atom stereocenters. The minimum absolute atomic E-state index is 0.0423. The zero-order valence-corrected chi connectivity index (χ0v) is 17.0. The van der Waals surface area contributed by atoms with Crippen LogP contribution in [0.4, 0.5) is 0 Å². The van der Waals surface area contributed by atoms with Gasteiger partial charge in [0, 0.05) is 6.92 Å². The Morgan fingerprint density at radius 2 is 2.11 bits per heavy atom. The monoisotopic (exact) mass is 374 g/mol. The predicted octanol–water partition coefficient (Wildman–Crippen LogP) is 5.07. The van der Waals surface area contributed by atoms with Crippen LogP contribution in [0, 0.1) is 5.92 Å². The van der Waals surface area contributed by atoms with Crippen molar-refractivity contribution < 1.29 is 19.0 Å². The lowest BCUT2D eigenvalue weighted by Gasteiger charge is -2.36. The molecule has 1 aromatic carbocycles. The topological polar surface area (TPSA) is 44.8 Å². The van der Waals surface area contributed by atoms with E-state index in [4.69, 9.17) is 14.2 Å². The fourth-order valence-electron chi connectivity index (χ4n) is 3.48. The molecule has 0 aromatic heterocycles. The largest absolute Gasteiger partial charge is 0.466 e. The van der Waals surface area contributed by atoms with Gasteiger partial charge in [0.1, 0.15) is 0 Å². The van der Waals surface area contributed by atoms with Gasteiger partial charge in [0.15, 0.2) is 0 Å². The van der Waals surface area contributed by atoms with Gasteiger partial charge in [-0.1, -0.05) is 55.8 Å². The molecule has 0 amide bonds. The number of carbonyl (C=O) groups is 1. The van der Waals surface area contributed by atoms with E-state index in [0.29, 0.717) is 25.7 Å². The lowest BCUT2D eigenvalue weighted by molar-refractivity contribution is -0.142. The van der Waals surface area contributed by atoms with Crippen LogP contribution in [-0.4, -0.2) is 30.9 Å². The Labute approximate surface area is 163 Å². The van der Waals surface area contributed by atoms with Crippen molar-refractivity contribution in [3.8, 4) is 0 Å². The predicted molar refractivity (Wildman–Crippen MR) is 107 cm³/mol. The van der Waals surface area contributed by atoms with E-state index in [1.165, 1.54) is 12.5 Å². The molecule has 0 spiro atoms. The van der Waals surface area contributed by atoms with Gasteiger partial charge in [0.2, 0.25) is 0 Å². The van der Waals surface area contributed by atoms with Crippen molar-refractivity contribution in [1.82, 2.24) is 0 Å². The summed E-state index contributed by atoms with van der Waals surface area (Å²) in [6.07, 6.45) is 4.85. The second-order valence-corrected chi connectivity index (χ2v) is 7.98. The average molecular weight is 375 g/mol. The molecule has 1 aromatic rings. The van der Waals surface area contributed by atoms with Crippen LogP contribution in [0.2, 0.25) is 0 Å². The van der Waals surface area contributed by atoms with Crippen LogP contribution in [0.1, 0.15) is 58.4 Å². The number of benzene rings is 1. The molecule has 27 heavy (non-hydrogen) atoms. The molecule has 0 bridgehead atoms. The van der Waals surface area contributed by atoms with E-state index >= 15 is 0 Å². The molecular weight excluding hydrogens is 340 g/mol. The van der Waals surface area contributed by atoms with Crippen molar-refractivity contribution in [2.24, 2.45) is 5.92 Å². The van der Waals surface area contributed by atoms with Crippen LogP contribution >= 0.6 is 0 Å². The highest BCUT2D eigenvalue weighted by molar-refractivity contribution is 5.65. The molecule has 1 saturated heterocycles. The molecule has 150 valence electrons. The van der Waals surface area contributed by atoms with Crippen molar-refractivity contribution in [2.45, 2.75) is 71.2 Å². The molecule has 0 radical (unpaired) electrons. The first-order valence-electron chi connectivity index (χ1n) is 9.98. The molecule has 4 heteroatoms. The van der Waals surface area contributed by atoms with Gasteiger partial charge in [-0.25, -0.2) is 0 Å². The van der Waals surface area contributed by atoms with Gasteiger partial charge < -0.3 is 14.2 Å². The third kappa shape index (κ3) is 7.47. The van der Waals surface area contributed by atoms with Crippen molar-refractivity contribution in [3.05, 3.63) is 48.0 Å². The summed E-state index contributed by atoms with van der Waals surface area (Å²) in [7, 11) is 0. The quantitative estimate of drug-likeness (QED) is 0.447. The number of hydrogen-bond acceptors (Lipinski definition) is 4. The normalized spacial score (nSPS) is 24.3. The lowest BCUT2D eigenvalue weighted by Crippen LogP contribution is -2.43. The van der Waals surface area contributed by atoms with Crippen molar-refractivity contribution in [3.63, 3.8) is 0 Å². The molecule has 2 rings (SSSR count). The molecule has 0 aliphatic carbocycles. The maximum Gasteiger partial charge on any atom is 0.302 e. The van der Waals surface area contributed by atoms with Crippen LogP contribution < -0.4 is 0 Å². The molecule has 4 nitrogen and oxygen atoms in total. The highest BCUT2D eigenvalue weighted by atomic mass is 16.6. The Bertz CT molecular complexity index is 598. The Morgan fingerprint density at radius 3 is 2.81 bits per heavy atom. The second kappa shape index (κ2) is 10.6. The summed E-state index contributed by atoms with van der Waals surface area (Å²) in [4.78, 5) is 11.0. The number of rotatable bonds is 9. The third-order valence-corrected chi connectivity index (χ3v) is 5.28. The fraction of sp³-hybridized carbons (Fsp3) is 0.609. The maximum atomic E-state index is 11.0. The molecule has 1 aliphatic heterocycles. The molecule has 0 N–H and O–H groups in total. The van der Waals surface area contributed by atoms with Crippen LogP contribution in [0.15, 0.2) is 42.5 Å². The van der Waals surface area contributed by atoms with Crippen LogP contribution in [0.5, 0.6) is 0 Å². The fourth-order valence-corrected chi connectivity index (χ4v) is 3.48. The number of esters is 1. The molecular formula is C23H34O4. The van der Waals surface area contributed by atoms with E-state index < -0.39 is 0 Å². The molecule has 1 aliphatic rings. The minimum atomic E-state index is -0.324. The van der Waals surface area contributed by atoms with Gasteiger partial charge >= 0.3 is 5.97 Å². The molecule has 1 heterocycles. The summed E-state index contributed by atoms with van der Waals surface area (Å²) in [5, 5.41) is 0. The Kier molecular flexibility index (Phi) is 8.52. The van der Waals surface area contributed by atoms with E-state index in [1.54, 1.807) is 0 Å². The molecule has 1 fully saturated rings. The Balaban J connectivity index is 1.90. The second-order valence-electron chi connectivity index (χ2n) is 7.98. The van der Waals surface area contributed by atoms with Gasteiger partial charge in [-0.3, -0.25) is 4.79 Å². The van der Waals surface area contributed by atoms with Gasteiger partial charge in [-0.05, 0) is 44.1 Å². The smallest absolute Gasteiger partial charge is 0.302 e. The highest BCUT2D eigenvalue weighted by Gasteiger charge is 2.37. The van der Waals surface area contributed by atoms with E-state index in [2.05, 4.69) is 32.6 Å². The zero-order chi connectivity index (χ0) is 19.7. The number of hydrogen-bond donors (Lipinski definition) is 0. The summed E-state index contributed by atoms with van der Waals surface area (Å²) < 4.78 is 17.7. The third-order valence-electron chi connectivity index (χ3n) is 5.28. The average Bonchev–Trinajstić information content (AvgIpc) is 2.78. The summed E-state index contributed by atoms with van der Waals surface area (Å²) in [6, 6.07) is 10.3. The van der Waals surface area contributed by atoms with E-state index in [0.717, 1.165) is 37.7 Å². The van der Waals surface area contributed by atoms with Gasteiger partial charge in [-0.15, -0.1) is 0 Å². The first kappa shape index (κ1) is 21.6. The number of ether oxygens (including phenoxy) is 3. The summed E-state index contributed by atoms with van der Waals surface area (Å²) in [5.41, 5.74) is 1.99. The summed E-state index contributed by atoms with van der Waals surface area (Å²) in [5.74, 6) is 0.135. The zero-order valence-electron chi connectivity index (χ0n) is 17.0. The van der Waals surface area contributed by atoms with Crippen LogP contribution in [0.3, 0.4) is 0 Å². The van der Waals surface area contributed by atoms with Crippen molar-refractivity contribution in [1.29, 1.82) is 0 Å². The lowest BCUT2D eigenvalue weighted by atomic mass is 9.88. The maximum absolute atomic E-state index is 11.0. The molecule has 3 atom stereocenters. The number of carbonyl (C=O) groups excluding carboxylic acids is 1. The summed E-state index contributed by atoms with van der Waals surface area (Å²) in [6.45, 7) is 11.5. The van der Waals surface area contributed by atoms with Gasteiger partial charge in [0.05, 0.1) is 31.5 Å². The molecule has 0 saturated carbocycles. The van der Waals surface area contributed by atoms with Crippen molar-refractivity contribution in [2.75, 3.05) is 13.2 Å². The first-order chi connectivity index (χ1) is 12.9. The minimum Gasteiger partial charge on any atom is -0.466 e. The highest BCUT2D eigenvalue weighted by Crippen LogP contribution is 2.34. The van der Waals surface area contributed by atoms with E-state index in [9.17, 15) is 4.79 Å². The van der Waals surface area contributed by atoms with Gasteiger partial charge in [-0.2, -0.15) is 0 Å². The first-order valence-corrected chi connectivity index (χ1v) is 9.98. The SMILES string of the molecule is C=C1CC[C@H](OCc2ccccc2)[C@@](C)(CCCC(C)COC(C)=O)OC1. The van der Waals surface area contributed by atoms with Crippen LogP contribution in [0.25, 0.3) is 0 Å². The summed E-state index contributed by atoms with van der Waals surface area (Å²) >= 11 is 0.